The highest BCUT2D eigenvalue weighted by atomic mass is 16.5. The normalized spacial score (nSPS) is 17.3. The van der Waals surface area contributed by atoms with Crippen molar-refractivity contribution in [3.8, 4) is 5.75 Å². The quantitative estimate of drug-likeness (QED) is 0.711. The Morgan fingerprint density at radius 1 is 1.40 bits per heavy atom. The molecule has 1 unspecified atom stereocenters. The van der Waals surface area contributed by atoms with Gasteiger partial charge in [-0.15, -0.1) is 0 Å². The molecule has 0 saturated carbocycles. The van der Waals surface area contributed by atoms with Gasteiger partial charge in [0, 0.05) is 25.7 Å². The SMILES string of the molecule is COc1ccc(N)c(NC(=O)C2CCCN(C(=O)NCC(C)C)C2)c1. The number of anilines is 2. The molecule has 7 nitrogen and oxygen atoms in total. The third kappa shape index (κ3) is 5.27. The van der Waals surface area contributed by atoms with Crippen molar-refractivity contribution in [1.29, 1.82) is 0 Å². The summed E-state index contributed by atoms with van der Waals surface area (Å²) in [5, 5.41) is 5.77. The molecule has 0 bridgehead atoms. The molecule has 1 saturated heterocycles. The van der Waals surface area contributed by atoms with Crippen LogP contribution in [0.3, 0.4) is 0 Å². The van der Waals surface area contributed by atoms with Gasteiger partial charge in [0.2, 0.25) is 5.91 Å². The lowest BCUT2D eigenvalue weighted by Gasteiger charge is -2.32. The molecule has 1 aromatic carbocycles. The number of amides is 3. The summed E-state index contributed by atoms with van der Waals surface area (Å²) in [5.41, 5.74) is 6.94. The summed E-state index contributed by atoms with van der Waals surface area (Å²) >= 11 is 0. The van der Waals surface area contributed by atoms with Crippen LogP contribution in [0.25, 0.3) is 0 Å². The number of benzene rings is 1. The third-order valence-electron chi connectivity index (χ3n) is 4.26. The number of nitrogens with two attached hydrogens (primary N) is 1. The van der Waals surface area contributed by atoms with Crippen molar-refractivity contribution in [2.24, 2.45) is 11.8 Å². The fourth-order valence-electron chi connectivity index (χ4n) is 2.78. The number of rotatable bonds is 5. The molecule has 25 heavy (non-hydrogen) atoms. The van der Waals surface area contributed by atoms with Crippen molar-refractivity contribution < 1.29 is 14.3 Å². The maximum Gasteiger partial charge on any atom is 0.317 e. The largest absolute Gasteiger partial charge is 0.497 e. The minimum atomic E-state index is -0.246. The lowest BCUT2D eigenvalue weighted by molar-refractivity contribution is -0.121. The van der Waals surface area contributed by atoms with E-state index in [2.05, 4.69) is 10.6 Å². The lowest BCUT2D eigenvalue weighted by atomic mass is 9.97. The highest BCUT2D eigenvalue weighted by Crippen LogP contribution is 2.26. The molecule has 1 aliphatic rings. The summed E-state index contributed by atoms with van der Waals surface area (Å²) < 4.78 is 5.16. The summed E-state index contributed by atoms with van der Waals surface area (Å²) in [4.78, 5) is 26.5. The second-order valence-electron chi connectivity index (χ2n) is 6.81. The van der Waals surface area contributed by atoms with Gasteiger partial charge in [-0.3, -0.25) is 4.79 Å². The van der Waals surface area contributed by atoms with Crippen LogP contribution in [0, 0.1) is 11.8 Å². The Balaban J connectivity index is 1.96. The molecule has 2 rings (SSSR count). The average Bonchev–Trinajstić information content (AvgIpc) is 2.61. The van der Waals surface area contributed by atoms with Crippen LogP contribution in [0.5, 0.6) is 5.75 Å². The van der Waals surface area contributed by atoms with Crippen molar-refractivity contribution in [1.82, 2.24) is 10.2 Å². The van der Waals surface area contributed by atoms with Gasteiger partial charge in [0.1, 0.15) is 5.75 Å². The molecule has 1 aromatic rings. The Labute approximate surface area is 148 Å². The molecule has 1 aliphatic heterocycles. The van der Waals surface area contributed by atoms with Crippen LogP contribution in [0.2, 0.25) is 0 Å². The van der Waals surface area contributed by atoms with E-state index in [-0.39, 0.29) is 17.9 Å². The monoisotopic (exact) mass is 348 g/mol. The zero-order valence-corrected chi connectivity index (χ0v) is 15.2. The molecule has 7 heteroatoms. The van der Waals surface area contributed by atoms with E-state index in [0.29, 0.717) is 42.7 Å². The molecule has 0 aliphatic carbocycles. The van der Waals surface area contributed by atoms with Crippen molar-refractivity contribution in [2.75, 3.05) is 37.8 Å². The van der Waals surface area contributed by atoms with Crippen LogP contribution in [-0.4, -0.2) is 43.6 Å². The minimum Gasteiger partial charge on any atom is -0.497 e. The van der Waals surface area contributed by atoms with E-state index in [0.717, 1.165) is 12.8 Å². The van der Waals surface area contributed by atoms with Crippen molar-refractivity contribution in [3.63, 3.8) is 0 Å². The lowest BCUT2D eigenvalue weighted by Crippen LogP contribution is -2.48. The van der Waals surface area contributed by atoms with Crippen LogP contribution in [0.1, 0.15) is 26.7 Å². The van der Waals surface area contributed by atoms with Gasteiger partial charge in [-0.1, -0.05) is 13.8 Å². The highest BCUT2D eigenvalue weighted by Gasteiger charge is 2.28. The van der Waals surface area contributed by atoms with E-state index in [1.807, 2.05) is 13.8 Å². The number of nitrogens with zero attached hydrogens (tertiary/aromatic N) is 1. The number of likely N-dealkylation sites (tertiary alicyclic amines) is 1. The summed E-state index contributed by atoms with van der Waals surface area (Å²) in [6.07, 6.45) is 1.56. The summed E-state index contributed by atoms with van der Waals surface area (Å²) in [5.74, 6) is 0.650. The first kappa shape index (κ1) is 18.9. The minimum absolute atomic E-state index is 0.105. The van der Waals surface area contributed by atoms with Crippen molar-refractivity contribution in [2.45, 2.75) is 26.7 Å². The molecule has 0 radical (unpaired) electrons. The van der Waals surface area contributed by atoms with Gasteiger partial charge in [-0.05, 0) is 30.9 Å². The molecule has 1 fully saturated rings. The molecule has 1 atom stereocenters. The number of urea groups is 1. The molecular formula is C18H28N4O3. The van der Waals surface area contributed by atoms with Gasteiger partial charge in [-0.25, -0.2) is 4.79 Å². The number of hydrogen-bond acceptors (Lipinski definition) is 4. The molecule has 3 amide bonds. The summed E-state index contributed by atoms with van der Waals surface area (Å²) in [7, 11) is 1.56. The molecule has 0 spiro atoms. The Morgan fingerprint density at radius 2 is 2.16 bits per heavy atom. The number of nitrogen functional groups attached to an aromatic ring is 1. The van der Waals surface area contributed by atoms with Gasteiger partial charge in [0.15, 0.2) is 0 Å². The van der Waals surface area contributed by atoms with Crippen molar-refractivity contribution in [3.05, 3.63) is 18.2 Å². The average molecular weight is 348 g/mol. The van der Waals surface area contributed by atoms with E-state index in [9.17, 15) is 9.59 Å². The van der Waals surface area contributed by atoms with Crippen LogP contribution < -0.4 is 21.1 Å². The smallest absolute Gasteiger partial charge is 0.317 e. The van der Waals surface area contributed by atoms with Gasteiger partial charge in [0.05, 0.1) is 24.4 Å². The number of piperidine rings is 1. The van der Waals surface area contributed by atoms with E-state index in [1.54, 1.807) is 30.2 Å². The number of hydrogen-bond donors (Lipinski definition) is 3. The number of carbonyl (C=O) groups is 2. The maximum atomic E-state index is 12.6. The predicted octanol–water partition coefficient (Wildman–Crippen LogP) is 2.29. The van der Waals surface area contributed by atoms with Gasteiger partial charge in [-0.2, -0.15) is 0 Å². The molecule has 138 valence electrons. The molecular weight excluding hydrogens is 320 g/mol. The zero-order valence-electron chi connectivity index (χ0n) is 15.2. The fraction of sp³-hybridized carbons (Fsp3) is 0.556. The third-order valence-corrected chi connectivity index (χ3v) is 4.26. The first-order valence-corrected chi connectivity index (χ1v) is 8.68. The number of nitrogens with one attached hydrogen (secondary N) is 2. The van der Waals surface area contributed by atoms with Crippen LogP contribution in [-0.2, 0) is 4.79 Å². The van der Waals surface area contributed by atoms with Gasteiger partial charge >= 0.3 is 6.03 Å². The Kier molecular flexibility index (Phi) is 6.50. The molecule has 4 N–H and O–H groups in total. The second-order valence-corrected chi connectivity index (χ2v) is 6.81. The highest BCUT2D eigenvalue weighted by molar-refractivity contribution is 5.96. The molecule has 0 aromatic heterocycles. The van der Waals surface area contributed by atoms with Crippen LogP contribution >= 0.6 is 0 Å². The predicted molar refractivity (Wildman–Crippen MR) is 98.6 cm³/mol. The zero-order chi connectivity index (χ0) is 18.4. The summed E-state index contributed by atoms with van der Waals surface area (Å²) in [6.45, 7) is 5.82. The standard InChI is InChI=1S/C18H28N4O3/c1-12(2)10-20-18(24)22-8-4-5-13(11-22)17(23)21-16-9-14(25-3)6-7-15(16)19/h6-7,9,12-13H,4-5,8,10-11,19H2,1-3H3,(H,20,24)(H,21,23). The number of methoxy groups -OCH3 is 1. The van der Waals surface area contributed by atoms with E-state index in [1.165, 1.54) is 0 Å². The number of ether oxygens (including phenoxy) is 1. The maximum absolute atomic E-state index is 12.6. The Hall–Kier alpha value is -2.44. The first-order valence-electron chi connectivity index (χ1n) is 8.68. The topological polar surface area (TPSA) is 96.7 Å². The Bertz CT molecular complexity index is 618. The second kappa shape index (κ2) is 8.60. The van der Waals surface area contributed by atoms with Crippen LogP contribution in [0.4, 0.5) is 16.2 Å². The number of carbonyl (C=O) groups excluding carboxylic acids is 2. The van der Waals surface area contributed by atoms with E-state index in [4.69, 9.17) is 10.5 Å². The van der Waals surface area contributed by atoms with Gasteiger partial charge < -0.3 is 26.0 Å². The van der Waals surface area contributed by atoms with Gasteiger partial charge in [0.25, 0.3) is 0 Å². The first-order chi connectivity index (χ1) is 11.9. The van der Waals surface area contributed by atoms with Crippen LogP contribution in [0.15, 0.2) is 18.2 Å². The molecule has 1 heterocycles. The fourth-order valence-corrected chi connectivity index (χ4v) is 2.78. The Morgan fingerprint density at radius 3 is 2.84 bits per heavy atom. The van der Waals surface area contributed by atoms with Crippen molar-refractivity contribution >= 4 is 23.3 Å². The summed E-state index contributed by atoms with van der Waals surface area (Å²) in [6, 6.07) is 5.03. The van der Waals surface area contributed by atoms with E-state index >= 15 is 0 Å². The van der Waals surface area contributed by atoms with E-state index < -0.39 is 0 Å².